The Labute approximate surface area is 80.3 Å². The van der Waals surface area contributed by atoms with E-state index in [1.54, 1.807) is 18.3 Å². The first-order valence-electron chi connectivity index (χ1n) is 4.00. The van der Waals surface area contributed by atoms with Crippen molar-refractivity contribution in [3.63, 3.8) is 0 Å². The Balaban J connectivity index is 2.60. The molecule has 0 aliphatic heterocycles. The second-order valence-corrected chi connectivity index (χ2v) is 2.81. The minimum absolute atomic E-state index is 0.343. The van der Waals surface area contributed by atoms with Crippen LogP contribution in [0.1, 0.15) is 0 Å². The Hall–Kier alpha value is -2.24. The van der Waals surface area contributed by atoms with Crippen LogP contribution < -0.4 is 17.2 Å². The topological polar surface area (TPSA) is 109 Å². The molecule has 0 aliphatic carbocycles. The first kappa shape index (κ1) is 8.36. The van der Waals surface area contributed by atoms with Crippen LogP contribution in [0.3, 0.4) is 0 Å². The Bertz CT molecular complexity index is 461. The third-order valence-electron chi connectivity index (χ3n) is 1.85. The Morgan fingerprint density at radius 3 is 2.50 bits per heavy atom. The lowest BCUT2D eigenvalue weighted by atomic mass is 10.4. The predicted octanol–water partition coefficient (Wildman–Crippen LogP) is 0.0139. The zero-order chi connectivity index (χ0) is 10.1. The van der Waals surface area contributed by atoms with Gasteiger partial charge in [-0.3, -0.25) is 0 Å². The number of nitrogens with zero attached hydrogens (tertiary/aromatic N) is 3. The van der Waals surface area contributed by atoms with Crippen molar-refractivity contribution in [1.82, 2.24) is 14.8 Å². The van der Waals surface area contributed by atoms with E-state index in [9.17, 15) is 0 Å². The molecule has 2 aromatic heterocycles. The van der Waals surface area contributed by atoms with Crippen molar-refractivity contribution >= 4 is 17.2 Å². The number of anilines is 3. The summed E-state index contributed by atoms with van der Waals surface area (Å²) in [7, 11) is 0. The fraction of sp³-hybridized carbons (Fsp3) is 0. The molecule has 14 heavy (non-hydrogen) atoms. The van der Waals surface area contributed by atoms with Crippen LogP contribution >= 0.6 is 0 Å². The van der Waals surface area contributed by atoms with Crippen LogP contribution in [0.5, 0.6) is 0 Å². The standard InChI is InChI=1S/C8H10N6/c9-5-2-1-3-12-8(5)14-7(11)6(10)4-13-14/h1-4H,9-11H2. The van der Waals surface area contributed by atoms with Gasteiger partial charge in [-0.05, 0) is 12.1 Å². The van der Waals surface area contributed by atoms with Crippen molar-refractivity contribution in [1.29, 1.82) is 0 Å². The number of nitrogen functional groups attached to an aromatic ring is 3. The van der Waals surface area contributed by atoms with E-state index in [1.807, 2.05) is 0 Å². The Morgan fingerprint density at radius 1 is 1.14 bits per heavy atom. The largest absolute Gasteiger partial charge is 0.396 e. The van der Waals surface area contributed by atoms with Gasteiger partial charge in [-0.15, -0.1) is 0 Å². The SMILES string of the molecule is Nc1cccnc1-n1ncc(N)c1N. The summed E-state index contributed by atoms with van der Waals surface area (Å²) in [4.78, 5) is 4.06. The lowest BCUT2D eigenvalue weighted by Gasteiger charge is -2.05. The van der Waals surface area contributed by atoms with Gasteiger partial charge in [0, 0.05) is 6.20 Å². The average molecular weight is 190 g/mol. The highest BCUT2D eigenvalue weighted by molar-refractivity contribution is 5.63. The zero-order valence-electron chi connectivity index (χ0n) is 7.38. The average Bonchev–Trinajstić information content (AvgIpc) is 2.49. The molecule has 0 fully saturated rings. The van der Waals surface area contributed by atoms with E-state index in [2.05, 4.69) is 10.1 Å². The van der Waals surface area contributed by atoms with E-state index < -0.39 is 0 Å². The Kier molecular flexibility index (Phi) is 1.74. The van der Waals surface area contributed by atoms with Crippen LogP contribution in [0, 0.1) is 0 Å². The molecular weight excluding hydrogens is 180 g/mol. The van der Waals surface area contributed by atoms with Crippen LogP contribution in [0.2, 0.25) is 0 Å². The molecule has 6 heteroatoms. The number of hydrogen-bond donors (Lipinski definition) is 3. The molecule has 2 heterocycles. The molecule has 2 rings (SSSR count). The van der Waals surface area contributed by atoms with Gasteiger partial charge < -0.3 is 17.2 Å². The predicted molar refractivity (Wildman–Crippen MR) is 54.6 cm³/mol. The summed E-state index contributed by atoms with van der Waals surface area (Å²) < 4.78 is 1.41. The molecule has 0 bridgehead atoms. The monoisotopic (exact) mass is 190 g/mol. The van der Waals surface area contributed by atoms with Crippen molar-refractivity contribution in [2.75, 3.05) is 17.2 Å². The van der Waals surface area contributed by atoms with Crippen LogP contribution in [0.25, 0.3) is 5.82 Å². The molecule has 0 saturated carbocycles. The molecule has 0 radical (unpaired) electrons. The number of nitrogens with two attached hydrogens (primary N) is 3. The van der Waals surface area contributed by atoms with Gasteiger partial charge >= 0.3 is 0 Å². The number of hydrogen-bond acceptors (Lipinski definition) is 5. The number of pyridine rings is 1. The molecule has 0 atom stereocenters. The highest BCUT2D eigenvalue weighted by Crippen LogP contribution is 2.20. The molecule has 0 aliphatic rings. The van der Waals surface area contributed by atoms with Crippen LogP contribution in [0.4, 0.5) is 17.2 Å². The first-order valence-corrected chi connectivity index (χ1v) is 4.00. The molecule has 0 spiro atoms. The molecule has 72 valence electrons. The van der Waals surface area contributed by atoms with Gasteiger partial charge in [-0.1, -0.05) is 0 Å². The minimum Gasteiger partial charge on any atom is -0.396 e. The molecule has 6 N–H and O–H groups in total. The van der Waals surface area contributed by atoms with Gasteiger partial charge in [0.15, 0.2) is 11.6 Å². The normalized spacial score (nSPS) is 10.3. The van der Waals surface area contributed by atoms with Crippen molar-refractivity contribution in [2.24, 2.45) is 0 Å². The lowest BCUT2D eigenvalue weighted by Crippen LogP contribution is -2.07. The minimum atomic E-state index is 0.343. The smallest absolute Gasteiger partial charge is 0.178 e. The highest BCUT2D eigenvalue weighted by atomic mass is 15.3. The van der Waals surface area contributed by atoms with E-state index in [1.165, 1.54) is 10.9 Å². The summed E-state index contributed by atoms with van der Waals surface area (Å²) in [6, 6.07) is 3.46. The number of rotatable bonds is 1. The third kappa shape index (κ3) is 1.13. The van der Waals surface area contributed by atoms with E-state index in [4.69, 9.17) is 17.2 Å². The second-order valence-electron chi connectivity index (χ2n) is 2.81. The van der Waals surface area contributed by atoms with Crippen molar-refractivity contribution in [3.8, 4) is 5.82 Å². The summed E-state index contributed by atoms with van der Waals surface area (Å²) in [6.07, 6.45) is 3.08. The lowest BCUT2D eigenvalue weighted by molar-refractivity contribution is 0.860. The fourth-order valence-corrected chi connectivity index (χ4v) is 1.13. The molecule has 2 aromatic rings. The van der Waals surface area contributed by atoms with Gasteiger partial charge in [0.25, 0.3) is 0 Å². The summed E-state index contributed by atoms with van der Waals surface area (Å²) in [5.41, 5.74) is 17.9. The maximum atomic E-state index is 5.71. The van der Waals surface area contributed by atoms with E-state index in [-0.39, 0.29) is 0 Å². The molecule has 0 amide bonds. The fourth-order valence-electron chi connectivity index (χ4n) is 1.13. The summed E-state index contributed by atoms with van der Waals surface area (Å²) in [6.45, 7) is 0. The van der Waals surface area contributed by atoms with Crippen LogP contribution in [0.15, 0.2) is 24.5 Å². The van der Waals surface area contributed by atoms with E-state index in [0.717, 1.165) is 0 Å². The maximum Gasteiger partial charge on any atom is 0.178 e. The van der Waals surface area contributed by atoms with Gasteiger partial charge in [0.05, 0.1) is 17.6 Å². The van der Waals surface area contributed by atoms with Gasteiger partial charge in [-0.2, -0.15) is 9.78 Å². The van der Waals surface area contributed by atoms with Crippen LogP contribution in [-0.4, -0.2) is 14.8 Å². The van der Waals surface area contributed by atoms with E-state index >= 15 is 0 Å². The van der Waals surface area contributed by atoms with Gasteiger partial charge in [0.1, 0.15) is 0 Å². The second kappa shape index (κ2) is 2.91. The number of aromatic nitrogens is 3. The summed E-state index contributed by atoms with van der Waals surface area (Å²) in [5.74, 6) is 0.831. The molecule has 0 aromatic carbocycles. The highest BCUT2D eigenvalue weighted by Gasteiger charge is 2.09. The molecule has 6 nitrogen and oxygen atoms in total. The van der Waals surface area contributed by atoms with Crippen molar-refractivity contribution in [3.05, 3.63) is 24.5 Å². The summed E-state index contributed by atoms with van der Waals surface area (Å²) >= 11 is 0. The van der Waals surface area contributed by atoms with E-state index in [0.29, 0.717) is 23.0 Å². The van der Waals surface area contributed by atoms with Crippen LogP contribution in [-0.2, 0) is 0 Å². The summed E-state index contributed by atoms with van der Waals surface area (Å²) in [5, 5.41) is 3.97. The molecule has 0 saturated heterocycles. The Morgan fingerprint density at radius 2 is 1.93 bits per heavy atom. The van der Waals surface area contributed by atoms with Gasteiger partial charge in [-0.25, -0.2) is 4.98 Å². The first-order chi connectivity index (χ1) is 6.70. The molecule has 0 unspecified atom stereocenters. The van der Waals surface area contributed by atoms with Gasteiger partial charge in [0.2, 0.25) is 0 Å². The maximum absolute atomic E-state index is 5.71. The quantitative estimate of drug-likeness (QED) is 0.587. The third-order valence-corrected chi connectivity index (χ3v) is 1.85. The van der Waals surface area contributed by atoms with Crippen molar-refractivity contribution < 1.29 is 0 Å². The molecular formula is C8H10N6. The van der Waals surface area contributed by atoms with Crippen molar-refractivity contribution in [2.45, 2.75) is 0 Å². The zero-order valence-corrected chi connectivity index (χ0v) is 7.38.